The van der Waals surface area contributed by atoms with E-state index < -0.39 is 43.1 Å². The number of aromatic nitrogens is 1. The van der Waals surface area contributed by atoms with Gasteiger partial charge in [0.25, 0.3) is 6.43 Å². The minimum absolute atomic E-state index is 0.0595. The van der Waals surface area contributed by atoms with Crippen LogP contribution in [-0.2, 0) is 10.3 Å². The van der Waals surface area contributed by atoms with E-state index in [1.54, 1.807) is 0 Å². The van der Waals surface area contributed by atoms with E-state index in [9.17, 15) is 18.0 Å². The zero-order valence-electron chi connectivity index (χ0n) is 18.6. The van der Waals surface area contributed by atoms with Crippen molar-refractivity contribution in [1.82, 2.24) is 4.98 Å². The third kappa shape index (κ3) is 4.30. The molecule has 0 radical (unpaired) electrons. The highest BCUT2D eigenvalue weighted by Gasteiger charge is 2.46. The van der Waals surface area contributed by atoms with E-state index in [2.05, 4.69) is 15.3 Å². The summed E-state index contributed by atoms with van der Waals surface area (Å²) in [4.78, 5) is 19.9. The standard InChI is InChI=1S/C19H19F3N4O4/c1-10-5-12(28-2)7-24-16(10)30-18(27)25-11-3-4-14(20)13(6-11)19(17(21)22)9-29-8-15(23)26-19/h3-7,17H,8-9H2,1-2H3,(H2,23,26)(H,25,27)/t19-/m0/s1/i2D3. The number of aliphatic imine (C=N–C) groups is 1. The highest BCUT2D eigenvalue weighted by molar-refractivity contribution is 5.86. The molecule has 0 unspecified atom stereocenters. The summed E-state index contributed by atoms with van der Waals surface area (Å²) in [6.45, 7) is 0.725. The number of anilines is 1. The first-order valence-corrected chi connectivity index (χ1v) is 8.54. The van der Waals surface area contributed by atoms with Gasteiger partial charge in [-0.1, -0.05) is 0 Å². The quantitative estimate of drug-likeness (QED) is 0.760. The number of amidine groups is 1. The van der Waals surface area contributed by atoms with Crippen molar-refractivity contribution in [2.75, 3.05) is 25.6 Å². The smallest absolute Gasteiger partial charge is 0.418 e. The number of carbonyl (C=O) groups excluding carboxylic acids is 1. The van der Waals surface area contributed by atoms with Crippen LogP contribution < -0.4 is 20.5 Å². The van der Waals surface area contributed by atoms with E-state index in [0.717, 1.165) is 24.4 Å². The lowest BCUT2D eigenvalue weighted by molar-refractivity contribution is -0.0145. The maximum atomic E-state index is 14.5. The van der Waals surface area contributed by atoms with Gasteiger partial charge >= 0.3 is 6.09 Å². The Labute approximate surface area is 174 Å². The number of nitrogens with zero attached hydrogens (tertiary/aromatic N) is 2. The van der Waals surface area contributed by atoms with Crippen LogP contribution in [0, 0.1) is 12.7 Å². The van der Waals surface area contributed by atoms with E-state index >= 15 is 0 Å². The summed E-state index contributed by atoms with van der Waals surface area (Å²) in [6, 6.07) is 4.32. The number of nitrogens with two attached hydrogens (primary N) is 1. The monoisotopic (exact) mass is 427 g/mol. The van der Waals surface area contributed by atoms with Gasteiger partial charge in [0.15, 0.2) is 5.54 Å². The van der Waals surface area contributed by atoms with Gasteiger partial charge in [-0.2, -0.15) is 0 Å². The van der Waals surface area contributed by atoms with Crippen LogP contribution in [0.4, 0.5) is 23.7 Å². The highest BCUT2D eigenvalue weighted by Crippen LogP contribution is 2.38. The molecule has 1 atom stereocenters. The summed E-state index contributed by atoms with van der Waals surface area (Å²) in [7, 11) is -2.68. The summed E-state index contributed by atoms with van der Waals surface area (Å²) in [5.74, 6) is -1.42. The zero-order chi connectivity index (χ0) is 24.4. The number of alkyl halides is 2. The first kappa shape index (κ1) is 17.5. The largest absolute Gasteiger partial charge is 0.495 e. The number of aryl methyl sites for hydroxylation is 1. The Kier molecular flexibility index (Phi) is 5.01. The maximum Gasteiger partial charge on any atom is 0.418 e. The predicted octanol–water partition coefficient (Wildman–Crippen LogP) is 3.00. The lowest BCUT2D eigenvalue weighted by atomic mass is 9.90. The number of halogens is 3. The molecule has 1 aromatic carbocycles. The molecular weight excluding hydrogens is 405 g/mol. The molecule has 0 aliphatic carbocycles. The molecule has 2 aromatic rings. The van der Waals surface area contributed by atoms with E-state index in [1.165, 1.54) is 13.0 Å². The van der Waals surface area contributed by atoms with Crippen LogP contribution >= 0.6 is 0 Å². The average molecular weight is 427 g/mol. The maximum absolute atomic E-state index is 14.5. The highest BCUT2D eigenvalue weighted by atomic mass is 19.3. The van der Waals surface area contributed by atoms with Crippen molar-refractivity contribution in [2.45, 2.75) is 18.9 Å². The Bertz CT molecular complexity index is 1080. The van der Waals surface area contributed by atoms with E-state index in [0.29, 0.717) is 0 Å². The number of carbonyl (C=O) groups is 1. The van der Waals surface area contributed by atoms with E-state index in [4.69, 9.17) is 24.1 Å². The van der Waals surface area contributed by atoms with Crippen LogP contribution in [0.3, 0.4) is 0 Å². The molecule has 2 heterocycles. The van der Waals surface area contributed by atoms with E-state index in [1.807, 2.05) is 0 Å². The predicted molar refractivity (Wildman–Crippen MR) is 102 cm³/mol. The molecule has 1 aromatic heterocycles. The van der Waals surface area contributed by atoms with Gasteiger partial charge in [-0.3, -0.25) is 10.3 Å². The molecule has 160 valence electrons. The number of benzene rings is 1. The van der Waals surface area contributed by atoms with Crippen LogP contribution in [0.1, 0.15) is 15.2 Å². The van der Waals surface area contributed by atoms with Crippen molar-refractivity contribution in [2.24, 2.45) is 10.7 Å². The van der Waals surface area contributed by atoms with Gasteiger partial charge in [0, 0.05) is 16.8 Å². The minimum atomic E-state index is -3.14. The first-order chi connectivity index (χ1) is 15.4. The molecule has 1 amide bonds. The van der Waals surface area contributed by atoms with Crippen molar-refractivity contribution in [3.05, 3.63) is 47.4 Å². The number of rotatable bonds is 5. The molecule has 0 fully saturated rings. The molecule has 1 aliphatic heterocycles. The van der Waals surface area contributed by atoms with Gasteiger partial charge in [0.05, 0.1) is 24.0 Å². The topological polar surface area (TPSA) is 108 Å². The number of methoxy groups -OCH3 is 1. The molecule has 3 N–H and O–H groups in total. The van der Waals surface area contributed by atoms with Gasteiger partial charge in [-0.25, -0.2) is 22.9 Å². The van der Waals surface area contributed by atoms with Gasteiger partial charge in [0.1, 0.15) is 24.0 Å². The third-order valence-electron chi connectivity index (χ3n) is 4.27. The molecule has 30 heavy (non-hydrogen) atoms. The second-order valence-corrected chi connectivity index (χ2v) is 6.43. The Hall–Kier alpha value is -3.34. The summed E-state index contributed by atoms with van der Waals surface area (Å²) >= 11 is 0. The molecule has 3 rings (SSSR count). The Morgan fingerprint density at radius 3 is 2.90 bits per heavy atom. The Balaban J connectivity index is 1.80. The molecule has 0 saturated heterocycles. The molecule has 8 nitrogen and oxygen atoms in total. The fourth-order valence-corrected chi connectivity index (χ4v) is 2.86. The van der Waals surface area contributed by atoms with Crippen molar-refractivity contribution >= 4 is 17.6 Å². The molecule has 0 saturated carbocycles. The van der Waals surface area contributed by atoms with Crippen LogP contribution in [0.15, 0.2) is 35.5 Å². The van der Waals surface area contributed by atoms with Crippen LogP contribution in [-0.4, -0.2) is 43.6 Å². The summed E-state index contributed by atoms with van der Waals surface area (Å²) in [5.41, 5.74) is 2.87. The number of amides is 1. The van der Waals surface area contributed by atoms with Gasteiger partial charge < -0.3 is 19.9 Å². The van der Waals surface area contributed by atoms with Gasteiger partial charge in [0.2, 0.25) is 5.88 Å². The Morgan fingerprint density at radius 1 is 1.43 bits per heavy atom. The fourth-order valence-electron chi connectivity index (χ4n) is 2.86. The normalized spacial score (nSPS) is 20.6. The number of nitrogens with one attached hydrogen (secondary N) is 1. The zero-order valence-corrected chi connectivity index (χ0v) is 15.6. The second kappa shape index (κ2) is 8.57. The number of pyridine rings is 1. The first-order valence-electron chi connectivity index (χ1n) is 10.0. The fraction of sp³-hybridized carbons (Fsp3) is 0.316. The SMILES string of the molecule is [2H]C([2H])([2H])Oc1cnc(OC(=O)Nc2ccc(F)c([C@]3(C(F)F)COCC(N)=N3)c2)c(C)c1. The average Bonchev–Trinajstić information content (AvgIpc) is 2.70. The molecule has 0 spiro atoms. The number of hydrogen-bond acceptors (Lipinski definition) is 7. The number of hydrogen-bond donors (Lipinski definition) is 2. The van der Waals surface area contributed by atoms with Crippen molar-refractivity contribution in [3.63, 3.8) is 0 Å². The van der Waals surface area contributed by atoms with Crippen LogP contribution in [0.25, 0.3) is 0 Å². The van der Waals surface area contributed by atoms with Crippen molar-refractivity contribution in [1.29, 1.82) is 0 Å². The molecule has 1 aliphatic rings. The van der Waals surface area contributed by atoms with Gasteiger partial charge in [-0.15, -0.1) is 0 Å². The molecule has 0 bridgehead atoms. The summed E-state index contributed by atoms with van der Waals surface area (Å²) < 4.78 is 78.4. The van der Waals surface area contributed by atoms with Crippen LogP contribution in [0.2, 0.25) is 0 Å². The lowest BCUT2D eigenvalue weighted by Gasteiger charge is -2.33. The third-order valence-corrected chi connectivity index (χ3v) is 4.27. The second-order valence-electron chi connectivity index (χ2n) is 6.43. The molecule has 11 heteroatoms. The summed E-state index contributed by atoms with van der Waals surface area (Å²) in [6.07, 6.45) is -3.15. The van der Waals surface area contributed by atoms with Gasteiger partial charge in [-0.05, 0) is 31.2 Å². The van der Waals surface area contributed by atoms with Crippen LogP contribution in [0.5, 0.6) is 11.6 Å². The minimum Gasteiger partial charge on any atom is -0.495 e. The van der Waals surface area contributed by atoms with Crippen molar-refractivity contribution in [3.8, 4) is 11.6 Å². The van der Waals surface area contributed by atoms with Crippen molar-refractivity contribution < 1.29 is 36.3 Å². The number of ether oxygens (including phenoxy) is 3. The summed E-state index contributed by atoms with van der Waals surface area (Å²) in [5, 5.41) is 2.29. The van der Waals surface area contributed by atoms with E-state index in [-0.39, 0.29) is 35.3 Å². The molecular formula is C19H19F3N4O4. The Morgan fingerprint density at radius 2 is 2.23 bits per heavy atom. The lowest BCUT2D eigenvalue weighted by Crippen LogP contribution is -2.45.